The van der Waals surface area contributed by atoms with E-state index in [2.05, 4.69) is 41.8 Å². The molecule has 108 valence electrons. The van der Waals surface area contributed by atoms with Crippen LogP contribution in [0.5, 0.6) is 0 Å². The SMILES string of the molecule is NC(c1ccc(Br)c(Cl)c1)c1cc2[nH]c(=O)[nH]c2cc1Br. The number of fused-ring (bicyclic) bond motifs is 1. The van der Waals surface area contributed by atoms with Crippen molar-refractivity contribution in [3.8, 4) is 0 Å². The fraction of sp³-hybridized carbons (Fsp3) is 0.0714. The molecule has 1 atom stereocenters. The third kappa shape index (κ3) is 2.81. The molecule has 3 rings (SSSR count). The summed E-state index contributed by atoms with van der Waals surface area (Å²) in [6.45, 7) is 0. The average Bonchev–Trinajstić information content (AvgIpc) is 2.79. The number of hydrogen-bond acceptors (Lipinski definition) is 2. The van der Waals surface area contributed by atoms with Crippen LogP contribution < -0.4 is 11.4 Å². The van der Waals surface area contributed by atoms with Crippen LogP contribution in [0.25, 0.3) is 11.0 Å². The summed E-state index contributed by atoms with van der Waals surface area (Å²) in [5.74, 6) is 0. The summed E-state index contributed by atoms with van der Waals surface area (Å²) in [5.41, 5.74) is 9.30. The summed E-state index contributed by atoms with van der Waals surface area (Å²) in [6.07, 6.45) is 0. The molecule has 0 saturated heterocycles. The molecule has 2 aromatic carbocycles. The first-order chi connectivity index (χ1) is 9.95. The minimum atomic E-state index is -0.354. The number of imidazole rings is 1. The van der Waals surface area contributed by atoms with E-state index in [9.17, 15) is 4.79 Å². The van der Waals surface area contributed by atoms with Gasteiger partial charge in [0.05, 0.1) is 22.1 Å². The van der Waals surface area contributed by atoms with Crippen molar-refractivity contribution >= 4 is 54.5 Å². The number of rotatable bonds is 2. The molecule has 0 aliphatic carbocycles. The summed E-state index contributed by atoms with van der Waals surface area (Å²) < 4.78 is 1.65. The summed E-state index contributed by atoms with van der Waals surface area (Å²) in [5, 5.41) is 0.607. The van der Waals surface area contributed by atoms with Gasteiger partial charge in [-0.3, -0.25) is 0 Å². The Morgan fingerprint density at radius 3 is 2.38 bits per heavy atom. The monoisotopic (exact) mass is 429 g/mol. The minimum Gasteiger partial charge on any atom is -0.320 e. The Balaban J connectivity index is 2.11. The molecule has 0 saturated carbocycles. The van der Waals surface area contributed by atoms with Crippen molar-refractivity contribution in [3.63, 3.8) is 0 Å². The lowest BCUT2D eigenvalue weighted by Gasteiger charge is -2.15. The van der Waals surface area contributed by atoms with Crippen LogP contribution in [0.2, 0.25) is 5.02 Å². The van der Waals surface area contributed by atoms with Crippen LogP contribution in [0.1, 0.15) is 17.2 Å². The number of benzene rings is 2. The molecule has 1 heterocycles. The van der Waals surface area contributed by atoms with E-state index in [1.165, 1.54) is 0 Å². The predicted molar refractivity (Wildman–Crippen MR) is 91.8 cm³/mol. The quantitative estimate of drug-likeness (QED) is 0.572. The highest BCUT2D eigenvalue weighted by molar-refractivity contribution is 9.10. The van der Waals surface area contributed by atoms with E-state index >= 15 is 0 Å². The van der Waals surface area contributed by atoms with Gasteiger partial charge in [-0.2, -0.15) is 0 Å². The lowest BCUT2D eigenvalue weighted by atomic mass is 9.99. The van der Waals surface area contributed by atoms with Crippen molar-refractivity contribution in [1.29, 1.82) is 0 Å². The van der Waals surface area contributed by atoms with Crippen LogP contribution in [0.15, 0.2) is 44.1 Å². The predicted octanol–water partition coefficient (Wildman–Crippen LogP) is 4.08. The van der Waals surface area contributed by atoms with Gasteiger partial charge in [0, 0.05) is 8.95 Å². The van der Waals surface area contributed by atoms with Gasteiger partial charge in [-0.1, -0.05) is 33.6 Å². The van der Waals surface area contributed by atoms with Crippen LogP contribution in [-0.2, 0) is 0 Å². The number of nitrogens with two attached hydrogens (primary N) is 1. The van der Waals surface area contributed by atoms with E-state index < -0.39 is 0 Å². The zero-order valence-electron chi connectivity index (χ0n) is 10.6. The van der Waals surface area contributed by atoms with Crippen molar-refractivity contribution in [2.75, 3.05) is 0 Å². The van der Waals surface area contributed by atoms with Gasteiger partial charge in [0.15, 0.2) is 0 Å². The van der Waals surface area contributed by atoms with Crippen LogP contribution >= 0.6 is 43.5 Å². The van der Waals surface area contributed by atoms with Crippen LogP contribution in [0, 0.1) is 0 Å². The van der Waals surface area contributed by atoms with Crippen molar-refractivity contribution in [1.82, 2.24) is 9.97 Å². The molecule has 0 radical (unpaired) electrons. The fourth-order valence-corrected chi connectivity index (χ4v) is 3.22. The molecular formula is C14H10Br2ClN3O. The molecule has 1 unspecified atom stereocenters. The lowest BCUT2D eigenvalue weighted by Crippen LogP contribution is -2.12. The third-order valence-electron chi connectivity index (χ3n) is 3.27. The minimum absolute atomic E-state index is 0.241. The Kier molecular flexibility index (Phi) is 3.96. The number of halogens is 3. The van der Waals surface area contributed by atoms with Crippen molar-refractivity contribution < 1.29 is 0 Å². The molecule has 0 fully saturated rings. The highest BCUT2D eigenvalue weighted by Gasteiger charge is 2.15. The van der Waals surface area contributed by atoms with Gasteiger partial charge in [-0.05, 0) is 51.3 Å². The average molecular weight is 432 g/mol. The van der Waals surface area contributed by atoms with Gasteiger partial charge >= 0.3 is 5.69 Å². The first-order valence-electron chi connectivity index (χ1n) is 6.07. The molecular weight excluding hydrogens is 421 g/mol. The second-order valence-electron chi connectivity index (χ2n) is 4.65. The Labute approximate surface area is 142 Å². The standard InChI is InChI=1S/C14H10Br2ClN3O/c15-8-2-1-6(3-10(8)17)13(18)7-4-11-12(5-9(7)16)20-14(21)19-11/h1-5,13H,18H2,(H2,19,20,21). The Bertz CT molecular complexity index is 888. The van der Waals surface area contributed by atoms with Crippen LogP contribution in [0.4, 0.5) is 0 Å². The van der Waals surface area contributed by atoms with Crippen LogP contribution in [0.3, 0.4) is 0 Å². The first kappa shape index (κ1) is 14.8. The van der Waals surface area contributed by atoms with E-state index in [1.54, 1.807) is 0 Å². The van der Waals surface area contributed by atoms with E-state index in [-0.39, 0.29) is 11.7 Å². The maximum atomic E-state index is 11.4. The third-order valence-corrected chi connectivity index (χ3v) is 5.19. The highest BCUT2D eigenvalue weighted by atomic mass is 79.9. The number of nitrogens with one attached hydrogen (secondary N) is 2. The second kappa shape index (κ2) is 5.61. The summed E-state index contributed by atoms with van der Waals surface area (Å²) in [7, 11) is 0. The highest BCUT2D eigenvalue weighted by Crippen LogP contribution is 2.32. The maximum absolute atomic E-state index is 11.4. The number of aromatic nitrogens is 2. The number of aromatic amines is 2. The fourth-order valence-electron chi connectivity index (χ4n) is 2.20. The van der Waals surface area contributed by atoms with E-state index in [0.29, 0.717) is 5.02 Å². The van der Waals surface area contributed by atoms with Gasteiger partial charge < -0.3 is 15.7 Å². The smallest absolute Gasteiger partial charge is 0.320 e. The molecule has 3 aromatic rings. The molecule has 1 aromatic heterocycles. The molecule has 21 heavy (non-hydrogen) atoms. The molecule has 0 bridgehead atoms. The van der Waals surface area contributed by atoms with Gasteiger partial charge in [0.2, 0.25) is 0 Å². The van der Waals surface area contributed by atoms with Gasteiger partial charge in [0.1, 0.15) is 0 Å². The van der Waals surface area contributed by atoms with E-state index in [4.69, 9.17) is 17.3 Å². The molecule has 0 spiro atoms. The maximum Gasteiger partial charge on any atom is 0.323 e. The zero-order chi connectivity index (χ0) is 15.1. The summed E-state index contributed by atoms with van der Waals surface area (Å²) in [6, 6.07) is 8.94. The summed E-state index contributed by atoms with van der Waals surface area (Å²) in [4.78, 5) is 16.8. The van der Waals surface area contributed by atoms with E-state index in [1.807, 2.05) is 30.3 Å². The molecule has 0 aliphatic rings. The number of H-pyrrole nitrogens is 2. The Hall–Kier alpha value is -1.08. The second-order valence-corrected chi connectivity index (χ2v) is 6.77. The normalized spacial score (nSPS) is 12.8. The summed E-state index contributed by atoms with van der Waals surface area (Å²) >= 11 is 13.0. The molecule has 4 N–H and O–H groups in total. The van der Waals surface area contributed by atoms with Gasteiger partial charge in [0.25, 0.3) is 0 Å². The molecule has 0 amide bonds. The van der Waals surface area contributed by atoms with Gasteiger partial charge in [-0.15, -0.1) is 0 Å². The number of hydrogen-bond donors (Lipinski definition) is 3. The Morgan fingerprint density at radius 1 is 1.05 bits per heavy atom. The van der Waals surface area contributed by atoms with Crippen LogP contribution in [-0.4, -0.2) is 9.97 Å². The molecule has 4 nitrogen and oxygen atoms in total. The van der Waals surface area contributed by atoms with Crippen molar-refractivity contribution in [2.45, 2.75) is 6.04 Å². The van der Waals surface area contributed by atoms with Crippen molar-refractivity contribution in [2.24, 2.45) is 5.73 Å². The van der Waals surface area contributed by atoms with Crippen molar-refractivity contribution in [3.05, 3.63) is 65.9 Å². The first-order valence-corrected chi connectivity index (χ1v) is 8.04. The topological polar surface area (TPSA) is 74.7 Å². The zero-order valence-corrected chi connectivity index (χ0v) is 14.5. The largest absolute Gasteiger partial charge is 0.323 e. The van der Waals surface area contributed by atoms with Gasteiger partial charge in [-0.25, -0.2) is 4.79 Å². The van der Waals surface area contributed by atoms with E-state index in [0.717, 1.165) is 31.1 Å². The molecule has 0 aliphatic heterocycles. The molecule has 7 heteroatoms. The lowest BCUT2D eigenvalue weighted by molar-refractivity contribution is 0.867. The Morgan fingerprint density at radius 2 is 1.71 bits per heavy atom.